The fraction of sp³-hybridized carbons (Fsp3) is 0.273. The summed E-state index contributed by atoms with van der Waals surface area (Å²) in [5.74, 6) is -0.119. The summed E-state index contributed by atoms with van der Waals surface area (Å²) in [4.78, 5) is 11.3. The van der Waals surface area contributed by atoms with Crippen molar-refractivity contribution in [2.45, 2.75) is 13.0 Å². The van der Waals surface area contributed by atoms with Crippen molar-refractivity contribution in [3.05, 3.63) is 28.2 Å². The Balaban J connectivity index is 2.90. The third-order valence-corrected chi connectivity index (χ3v) is 2.61. The molecule has 4 nitrogen and oxygen atoms in total. The number of hydrogen-bond donors (Lipinski definition) is 2. The topological polar surface area (TPSA) is 64.9 Å². The third kappa shape index (κ3) is 2.97. The number of amides is 1. The first-order valence-electron chi connectivity index (χ1n) is 4.76. The van der Waals surface area contributed by atoms with E-state index in [0.29, 0.717) is 11.3 Å². The van der Waals surface area contributed by atoms with Crippen LogP contribution >= 0.6 is 15.9 Å². The van der Waals surface area contributed by atoms with Crippen molar-refractivity contribution in [2.75, 3.05) is 12.4 Å². The minimum Gasteiger partial charge on any atom is -0.373 e. The van der Waals surface area contributed by atoms with Gasteiger partial charge in [-0.1, -0.05) is 15.9 Å². The van der Waals surface area contributed by atoms with Gasteiger partial charge in [-0.25, -0.2) is 0 Å². The van der Waals surface area contributed by atoms with Crippen LogP contribution in [0.3, 0.4) is 0 Å². The van der Waals surface area contributed by atoms with Crippen molar-refractivity contribution >= 4 is 27.5 Å². The molecular weight excluding hydrogens is 270 g/mol. The number of anilines is 1. The molecule has 84 valence electrons. The second-order valence-corrected chi connectivity index (χ2v) is 4.20. The van der Waals surface area contributed by atoms with Crippen molar-refractivity contribution in [2.24, 2.45) is 0 Å². The monoisotopic (exact) mass is 281 g/mol. The first-order valence-corrected chi connectivity index (χ1v) is 5.55. The predicted molar refractivity (Wildman–Crippen MR) is 66.0 cm³/mol. The molecule has 0 saturated heterocycles. The van der Waals surface area contributed by atoms with Crippen LogP contribution in [0.2, 0.25) is 0 Å². The molecule has 0 radical (unpaired) electrons. The second-order valence-electron chi connectivity index (χ2n) is 3.28. The molecule has 0 heterocycles. The lowest BCUT2D eigenvalue weighted by Crippen LogP contribution is -2.35. The number of carbonyl (C=O) groups excluding carboxylic acids is 1. The van der Waals surface area contributed by atoms with E-state index in [0.717, 1.165) is 4.47 Å². The van der Waals surface area contributed by atoms with Gasteiger partial charge in [-0.05, 0) is 25.1 Å². The van der Waals surface area contributed by atoms with Gasteiger partial charge < -0.3 is 10.6 Å². The zero-order valence-electron chi connectivity index (χ0n) is 9.04. The van der Waals surface area contributed by atoms with Crippen LogP contribution in [0.15, 0.2) is 22.7 Å². The Morgan fingerprint density at radius 3 is 2.81 bits per heavy atom. The van der Waals surface area contributed by atoms with E-state index in [1.165, 1.54) is 0 Å². The Kier molecular flexibility index (Phi) is 4.32. The van der Waals surface area contributed by atoms with Crippen molar-refractivity contribution < 1.29 is 4.79 Å². The van der Waals surface area contributed by atoms with E-state index in [9.17, 15) is 4.79 Å². The van der Waals surface area contributed by atoms with Crippen LogP contribution in [0.4, 0.5) is 5.69 Å². The van der Waals surface area contributed by atoms with Gasteiger partial charge in [-0.2, -0.15) is 5.26 Å². The highest BCUT2D eigenvalue weighted by Gasteiger charge is 2.12. The molecule has 1 aromatic carbocycles. The summed E-state index contributed by atoms with van der Waals surface area (Å²) >= 11 is 3.29. The summed E-state index contributed by atoms with van der Waals surface area (Å²) in [7, 11) is 1.58. The molecule has 0 spiro atoms. The second kappa shape index (κ2) is 5.52. The average molecular weight is 282 g/mol. The van der Waals surface area contributed by atoms with Crippen LogP contribution in [-0.2, 0) is 4.79 Å². The van der Waals surface area contributed by atoms with Gasteiger partial charge in [0, 0.05) is 11.5 Å². The predicted octanol–water partition coefficient (Wildman–Crippen LogP) is 1.87. The Hall–Kier alpha value is -1.54. The smallest absolute Gasteiger partial charge is 0.241 e. The molecule has 0 aliphatic heterocycles. The zero-order valence-corrected chi connectivity index (χ0v) is 10.6. The van der Waals surface area contributed by atoms with Crippen LogP contribution in [0, 0.1) is 11.3 Å². The third-order valence-electron chi connectivity index (χ3n) is 2.11. The number of nitrogens with one attached hydrogen (secondary N) is 2. The lowest BCUT2D eigenvalue weighted by molar-refractivity contribution is -0.121. The molecule has 1 unspecified atom stereocenters. The molecule has 1 atom stereocenters. The molecule has 0 aromatic heterocycles. The van der Waals surface area contributed by atoms with Gasteiger partial charge in [-0.15, -0.1) is 0 Å². The molecule has 0 aliphatic rings. The standard InChI is InChI=1S/C11H12BrN3O/c1-7(11(16)14-2)15-10-4-3-9(12)5-8(10)6-13/h3-5,7,15H,1-2H3,(H,14,16). The summed E-state index contributed by atoms with van der Waals surface area (Å²) in [6.07, 6.45) is 0. The lowest BCUT2D eigenvalue weighted by Gasteiger charge is -2.14. The summed E-state index contributed by atoms with van der Waals surface area (Å²) in [6.45, 7) is 1.74. The normalized spacial score (nSPS) is 11.4. The molecule has 5 heteroatoms. The van der Waals surface area contributed by atoms with Crippen molar-refractivity contribution in [1.29, 1.82) is 5.26 Å². The van der Waals surface area contributed by atoms with Gasteiger partial charge in [0.2, 0.25) is 5.91 Å². The van der Waals surface area contributed by atoms with E-state index in [1.54, 1.807) is 26.1 Å². The molecule has 0 saturated carbocycles. The first-order chi connectivity index (χ1) is 7.58. The van der Waals surface area contributed by atoms with Crippen LogP contribution in [0.5, 0.6) is 0 Å². The van der Waals surface area contributed by atoms with Gasteiger partial charge >= 0.3 is 0 Å². The number of carbonyl (C=O) groups is 1. The minimum absolute atomic E-state index is 0.119. The summed E-state index contributed by atoms with van der Waals surface area (Å²) in [6, 6.07) is 6.99. The zero-order chi connectivity index (χ0) is 12.1. The first kappa shape index (κ1) is 12.5. The maximum Gasteiger partial charge on any atom is 0.241 e. The van der Waals surface area contributed by atoms with Gasteiger partial charge in [0.15, 0.2) is 0 Å². The molecule has 1 rings (SSSR count). The Morgan fingerprint density at radius 2 is 2.25 bits per heavy atom. The number of benzene rings is 1. The Bertz CT molecular complexity index is 439. The van der Waals surface area contributed by atoms with Crippen molar-refractivity contribution in [1.82, 2.24) is 5.32 Å². The molecule has 0 fully saturated rings. The van der Waals surface area contributed by atoms with Crippen LogP contribution in [0.1, 0.15) is 12.5 Å². The van der Waals surface area contributed by atoms with Gasteiger partial charge in [0.25, 0.3) is 0 Å². The summed E-state index contributed by atoms with van der Waals surface area (Å²) < 4.78 is 0.835. The van der Waals surface area contributed by atoms with Crippen molar-refractivity contribution in [3.63, 3.8) is 0 Å². The number of hydrogen-bond acceptors (Lipinski definition) is 3. The molecule has 16 heavy (non-hydrogen) atoms. The van der Waals surface area contributed by atoms with E-state index in [4.69, 9.17) is 5.26 Å². The number of rotatable bonds is 3. The van der Waals surface area contributed by atoms with Gasteiger partial charge in [0.1, 0.15) is 12.1 Å². The van der Waals surface area contributed by atoms with E-state index in [1.807, 2.05) is 6.07 Å². The molecule has 2 N–H and O–H groups in total. The summed E-state index contributed by atoms with van der Waals surface area (Å²) in [5, 5.41) is 14.5. The van der Waals surface area contributed by atoms with E-state index in [2.05, 4.69) is 32.6 Å². The molecule has 1 aromatic rings. The molecular formula is C11H12BrN3O. The van der Waals surface area contributed by atoms with Crippen molar-refractivity contribution in [3.8, 4) is 6.07 Å². The van der Waals surface area contributed by atoms with E-state index >= 15 is 0 Å². The average Bonchev–Trinajstić information content (AvgIpc) is 2.30. The van der Waals surface area contributed by atoms with Crippen LogP contribution < -0.4 is 10.6 Å². The Labute approximate surface area is 103 Å². The highest BCUT2D eigenvalue weighted by atomic mass is 79.9. The Morgan fingerprint density at radius 1 is 1.56 bits per heavy atom. The largest absolute Gasteiger partial charge is 0.373 e. The highest BCUT2D eigenvalue weighted by Crippen LogP contribution is 2.20. The van der Waals surface area contributed by atoms with Gasteiger partial charge in [0.05, 0.1) is 11.3 Å². The maximum absolute atomic E-state index is 11.3. The highest BCUT2D eigenvalue weighted by molar-refractivity contribution is 9.10. The maximum atomic E-state index is 11.3. The van der Waals surface area contributed by atoms with Crippen LogP contribution in [-0.4, -0.2) is 19.0 Å². The SMILES string of the molecule is CNC(=O)C(C)Nc1ccc(Br)cc1C#N. The fourth-order valence-electron chi connectivity index (χ4n) is 1.25. The van der Waals surface area contributed by atoms with E-state index < -0.39 is 0 Å². The summed E-state index contributed by atoms with van der Waals surface area (Å²) in [5.41, 5.74) is 1.16. The molecule has 0 bridgehead atoms. The van der Waals surface area contributed by atoms with E-state index in [-0.39, 0.29) is 11.9 Å². The fourth-order valence-corrected chi connectivity index (χ4v) is 1.61. The lowest BCUT2D eigenvalue weighted by atomic mass is 10.1. The molecule has 0 aliphatic carbocycles. The number of nitriles is 1. The minimum atomic E-state index is -0.377. The number of halogens is 1. The molecule has 1 amide bonds. The number of likely N-dealkylation sites (N-methyl/N-ethyl adjacent to an activating group) is 1. The number of nitrogens with zero attached hydrogens (tertiary/aromatic N) is 1. The van der Waals surface area contributed by atoms with Crippen LogP contribution in [0.25, 0.3) is 0 Å². The quantitative estimate of drug-likeness (QED) is 0.889. The van der Waals surface area contributed by atoms with Gasteiger partial charge in [-0.3, -0.25) is 4.79 Å².